The minimum atomic E-state index is -4.35. The molecule has 0 spiro atoms. The van der Waals surface area contributed by atoms with Crippen molar-refractivity contribution >= 4 is 11.3 Å². The van der Waals surface area contributed by atoms with Crippen LogP contribution in [0.4, 0.5) is 13.2 Å². The van der Waals surface area contributed by atoms with Gasteiger partial charge < -0.3 is 5.32 Å². The second-order valence-electron chi connectivity index (χ2n) is 4.70. The Morgan fingerprint density at radius 1 is 1.33 bits per heavy atom. The van der Waals surface area contributed by atoms with Crippen LogP contribution in [0.2, 0.25) is 0 Å². The summed E-state index contributed by atoms with van der Waals surface area (Å²) in [6, 6.07) is 2.87. The number of alkyl halides is 3. The first-order valence-electron chi connectivity index (χ1n) is 6.54. The zero-order valence-electron chi connectivity index (χ0n) is 11.2. The molecule has 114 valence electrons. The van der Waals surface area contributed by atoms with Gasteiger partial charge in [-0.25, -0.2) is 0 Å². The lowest BCUT2D eigenvalue weighted by Gasteiger charge is -2.13. The molecule has 1 N–H and O–H groups in total. The Kier molecular flexibility index (Phi) is 5.30. The number of hydrogen-bond acceptors (Lipinski definition) is 4. The molecule has 1 aliphatic rings. The maximum Gasteiger partial charge on any atom is 0.413 e. The molecule has 0 radical (unpaired) electrons. The van der Waals surface area contributed by atoms with Crippen molar-refractivity contribution in [1.29, 1.82) is 0 Å². The Bertz CT molecular complexity index is 535. The van der Waals surface area contributed by atoms with Crippen LogP contribution in [0.3, 0.4) is 0 Å². The Balaban J connectivity index is 2.26. The fraction of sp³-hybridized carbons (Fsp3) is 0.429. The summed E-state index contributed by atoms with van der Waals surface area (Å²) in [6.45, 7) is 0.232. The maximum absolute atomic E-state index is 12.9. The average molecular weight is 316 g/mol. The first kappa shape index (κ1) is 15.9. The number of nitrogens with one attached hydrogen (secondary N) is 1. The molecule has 0 amide bonds. The number of rotatable bonds is 3. The van der Waals surface area contributed by atoms with Crippen molar-refractivity contribution in [3.05, 3.63) is 50.6 Å². The van der Waals surface area contributed by atoms with E-state index in [9.17, 15) is 18.1 Å². The van der Waals surface area contributed by atoms with E-state index in [2.05, 4.69) is 10.5 Å². The van der Waals surface area contributed by atoms with Gasteiger partial charge in [-0.3, -0.25) is 0 Å². The maximum atomic E-state index is 12.9. The molecule has 0 aromatic carbocycles. The van der Waals surface area contributed by atoms with Gasteiger partial charge in [-0.2, -0.15) is 13.2 Å². The van der Waals surface area contributed by atoms with E-state index in [0.29, 0.717) is 18.5 Å². The molecule has 2 rings (SSSR count). The number of thiophene rings is 1. The fourth-order valence-corrected chi connectivity index (χ4v) is 2.96. The zero-order chi connectivity index (χ0) is 15.3. The van der Waals surface area contributed by atoms with E-state index in [1.165, 1.54) is 11.3 Å². The van der Waals surface area contributed by atoms with E-state index in [-0.39, 0.29) is 13.0 Å². The first-order valence-corrected chi connectivity index (χ1v) is 7.42. The quantitative estimate of drug-likeness (QED) is 0.665. The molecule has 0 saturated carbocycles. The molecule has 0 unspecified atom stereocenters. The van der Waals surface area contributed by atoms with Gasteiger partial charge in [-0.05, 0) is 36.4 Å². The molecule has 1 aromatic heterocycles. The van der Waals surface area contributed by atoms with Crippen LogP contribution in [0.25, 0.3) is 0 Å². The Labute approximate surface area is 124 Å². The molecule has 0 aliphatic carbocycles. The third kappa shape index (κ3) is 4.25. The smallest absolute Gasteiger partial charge is 0.312 e. The largest absolute Gasteiger partial charge is 0.413 e. The summed E-state index contributed by atoms with van der Waals surface area (Å²) in [7, 11) is 0. The standard InChI is InChI=1S/C14H15F3N2OS/c15-14(16,17)11-6-5-10(3-1-7-18-9-11)13(19-20)12-4-2-8-21-12/h2-4,6,8,13,18H,1,5,7,9H2/b10-3+,11-6+/t13-/m1/s1. The third-order valence-electron chi connectivity index (χ3n) is 3.26. The van der Waals surface area contributed by atoms with Crippen LogP contribution in [-0.2, 0) is 0 Å². The van der Waals surface area contributed by atoms with Crippen molar-refractivity contribution < 1.29 is 13.2 Å². The molecule has 0 fully saturated rings. The molecule has 3 nitrogen and oxygen atoms in total. The highest BCUT2D eigenvalue weighted by Gasteiger charge is 2.33. The zero-order valence-corrected chi connectivity index (χ0v) is 12.0. The molecule has 0 bridgehead atoms. The topological polar surface area (TPSA) is 41.5 Å². The van der Waals surface area contributed by atoms with Gasteiger partial charge in [0.25, 0.3) is 0 Å². The van der Waals surface area contributed by atoms with Crippen molar-refractivity contribution in [2.45, 2.75) is 25.1 Å². The molecule has 1 aromatic rings. The lowest BCUT2D eigenvalue weighted by Crippen LogP contribution is -2.25. The summed E-state index contributed by atoms with van der Waals surface area (Å²) in [5.41, 5.74) is 0.0176. The summed E-state index contributed by atoms with van der Waals surface area (Å²) in [5, 5.41) is 7.68. The predicted molar refractivity (Wildman–Crippen MR) is 77.2 cm³/mol. The van der Waals surface area contributed by atoms with Crippen LogP contribution in [-0.4, -0.2) is 19.3 Å². The Morgan fingerprint density at radius 3 is 2.76 bits per heavy atom. The highest BCUT2D eigenvalue weighted by atomic mass is 32.1. The number of hydrogen-bond donors (Lipinski definition) is 1. The molecule has 21 heavy (non-hydrogen) atoms. The average Bonchev–Trinajstić information content (AvgIpc) is 2.95. The van der Waals surface area contributed by atoms with Gasteiger partial charge in [0.05, 0.1) is 0 Å². The Morgan fingerprint density at radius 2 is 2.14 bits per heavy atom. The highest BCUT2D eigenvalue weighted by Crippen LogP contribution is 2.34. The SMILES string of the molecule is O=N[C@H](/C1=C/CCNC/C(C(F)(F)F)=C\C1)c1cccs1. The fourth-order valence-electron chi connectivity index (χ4n) is 2.17. The molecule has 0 saturated heterocycles. The van der Waals surface area contributed by atoms with E-state index in [4.69, 9.17) is 0 Å². The van der Waals surface area contributed by atoms with Gasteiger partial charge >= 0.3 is 6.18 Å². The summed E-state index contributed by atoms with van der Waals surface area (Å²) >= 11 is 1.38. The Hall–Kier alpha value is -1.47. The van der Waals surface area contributed by atoms with E-state index >= 15 is 0 Å². The second kappa shape index (κ2) is 7.00. The van der Waals surface area contributed by atoms with Crippen LogP contribution in [0.15, 0.2) is 46.0 Å². The summed E-state index contributed by atoms with van der Waals surface area (Å²) < 4.78 is 38.6. The monoisotopic (exact) mass is 316 g/mol. The van der Waals surface area contributed by atoms with Crippen molar-refractivity contribution in [1.82, 2.24) is 5.32 Å². The number of halogens is 3. The molecule has 1 atom stereocenters. The minimum Gasteiger partial charge on any atom is -0.312 e. The van der Waals surface area contributed by atoms with Crippen molar-refractivity contribution in [2.75, 3.05) is 13.1 Å². The number of nitroso groups, excluding NO2 is 1. The van der Waals surface area contributed by atoms with Gasteiger partial charge in [-0.1, -0.05) is 23.4 Å². The minimum absolute atomic E-state index is 0.0881. The predicted octanol–water partition coefficient (Wildman–Crippen LogP) is 4.35. The normalized spacial score (nSPS) is 23.8. The van der Waals surface area contributed by atoms with Gasteiger partial charge in [0.1, 0.15) is 6.04 Å². The van der Waals surface area contributed by atoms with Crippen LogP contribution < -0.4 is 5.32 Å². The summed E-state index contributed by atoms with van der Waals surface area (Å²) in [6.07, 6.45) is -0.726. The second-order valence-corrected chi connectivity index (χ2v) is 5.68. The van der Waals surface area contributed by atoms with Crippen LogP contribution in [0.5, 0.6) is 0 Å². The third-order valence-corrected chi connectivity index (χ3v) is 4.19. The number of nitrogens with zero attached hydrogens (tertiary/aromatic N) is 1. The van der Waals surface area contributed by atoms with Crippen LogP contribution in [0, 0.1) is 4.91 Å². The van der Waals surface area contributed by atoms with Gasteiger partial charge in [0.15, 0.2) is 0 Å². The van der Waals surface area contributed by atoms with Gasteiger partial charge in [0, 0.05) is 17.0 Å². The van der Waals surface area contributed by atoms with Crippen molar-refractivity contribution in [2.24, 2.45) is 5.18 Å². The lowest BCUT2D eigenvalue weighted by atomic mass is 10.00. The van der Waals surface area contributed by atoms with Gasteiger partial charge in [0.2, 0.25) is 0 Å². The molecule has 1 aliphatic heterocycles. The van der Waals surface area contributed by atoms with Crippen molar-refractivity contribution in [3.63, 3.8) is 0 Å². The number of allylic oxidation sites excluding steroid dienone is 1. The highest BCUT2D eigenvalue weighted by molar-refractivity contribution is 7.10. The molecule has 2 heterocycles. The van der Waals surface area contributed by atoms with Gasteiger partial charge in [-0.15, -0.1) is 16.2 Å². The molecule has 7 heteroatoms. The van der Waals surface area contributed by atoms with E-state index in [1.807, 2.05) is 11.5 Å². The van der Waals surface area contributed by atoms with E-state index in [1.54, 1.807) is 12.1 Å². The molecular weight excluding hydrogens is 301 g/mol. The summed E-state index contributed by atoms with van der Waals surface area (Å²) in [4.78, 5) is 11.9. The van der Waals surface area contributed by atoms with Crippen LogP contribution in [0.1, 0.15) is 23.8 Å². The lowest BCUT2D eigenvalue weighted by molar-refractivity contribution is -0.0930. The van der Waals surface area contributed by atoms with Crippen molar-refractivity contribution in [3.8, 4) is 0 Å². The molecular formula is C14H15F3N2OS. The summed E-state index contributed by atoms with van der Waals surface area (Å²) in [5.74, 6) is 0. The van der Waals surface area contributed by atoms with E-state index < -0.39 is 17.8 Å². The van der Waals surface area contributed by atoms with E-state index in [0.717, 1.165) is 11.0 Å². The first-order chi connectivity index (χ1) is 10.0. The van der Waals surface area contributed by atoms with Crippen LogP contribution >= 0.6 is 11.3 Å².